The van der Waals surface area contributed by atoms with Gasteiger partial charge in [0.05, 0.1) is 11.9 Å². The minimum absolute atomic E-state index is 0.0956. The maximum atomic E-state index is 11.8. The lowest BCUT2D eigenvalue weighted by Crippen LogP contribution is -2.34. The lowest BCUT2D eigenvalue weighted by atomic mass is 10.1. The van der Waals surface area contributed by atoms with Crippen LogP contribution in [0.1, 0.15) is 44.1 Å². The summed E-state index contributed by atoms with van der Waals surface area (Å²) in [7, 11) is 0. The first kappa shape index (κ1) is 13.5. The van der Waals surface area contributed by atoms with Gasteiger partial charge in [-0.1, -0.05) is 13.8 Å². The molecule has 0 spiro atoms. The Kier molecular flexibility index (Phi) is 5.46. The van der Waals surface area contributed by atoms with Crippen molar-refractivity contribution in [3.05, 3.63) is 24.0 Å². The fourth-order valence-electron chi connectivity index (χ4n) is 1.59. The van der Waals surface area contributed by atoms with Gasteiger partial charge in [0.2, 0.25) is 0 Å². The van der Waals surface area contributed by atoms with Crippen molar-refractivity contribution in [3.8, 4) is 0 Å². The van der Waals surface area contributed by atoms with E-state index in [1.165, 1.54) is 0 Å². The molecule has 0 aliphatic heterocycles. The summed E-state index contributed by atoms with van der Waals surface area (Å²) in [4.78, 5) is 16.0. The average molecular weight is 235 g/mol. The maximum absolute atomic E-state index is 11.8. The standard InChI is InChI=1S/C13H21N3O/c1-4-10(5-2)16-13(17)12-8-7-11(9-15-12)14-6-3/h7-10,14H,4-6H2,1-3H3,(H,16,17). The highest BCUT2D eigenvalue weighted by atomic mass is 16.1. The summed E-state index contributed by atoms with van der Waals surface area (Å²) in [5.74, 6) is -0.0956. The third-order valence-corrected chi connectivity index (χ3v) is 2.70. The van der Waals surface area contributed by atoms with E-state index in [9.17, 15) is 4.79 Å². The predicted molar refractivity (Wildman–Crippen MR) is 70.2 cm³/mol. The van der Waals surface area contributed by atoms with E-state index < -0.39 is 0 Å². The van der Waals surface area contributed by atoms with Gasteiger partial charge in [0.1, 0.15) is 5.69 Å². The van der Waals surface area contributed by atoms with E-state index in [0.717, 1.165) is 25.1 Å². The smallest absolute Gasteiger partial charge is 0.270 e. The van der Waals surface area contributed by atoms with Gasteiger partial charge in [0.15, 0.2) is 0 Å². The summed E-state index contributed by atoms with van der Waals surface area (Å²) < 4.78 is 0. The van der Waals surface area contributed by atoms with Crippen molar-refractivity contribution in [3.63, 3.8) is 0 Å². The van der Waals surface area contributed by atoms with Gasteiger partial charge in [-0.25, -0.2) is 4.98 Å². The maximum Gasteiger partial charge on any atom is 0.270 e. The van der Waals surface area contributed by atoms with Crippen molar-refractivity contribution in [1.29, 1.82) is 0 Å². The van der Waals surface area contributed by atoms with Gasteiger partial charge < -0.3 is 10.6 Å². The first-order chi connectivity index (χ1) is 8.21. The molecule has 94 valence electrons. The average Bonchev–Trinajstić information content (AvgIpc) is 2.37. The second kappa shape index (κ2) is 6.89. The minimum Gasteiger partial charge on any atom is -0.384 e. The Labute approximate surface area is 103 Å². The van der Waals surface area contributed by atoms with Gasteiger partial charge in [0, 0.05) is 12.6 Å². The van der Waals surface area contributed by atoms with Crippen LogP contribution in [0.5, 0.6) is 0 Å². The molecule has 0 saturated heterocycles. The monoisotopic (exact) mass is 235 g/mol. The molecule has 1 amide bonds. The van der Waals surface area contributed by atoms with Crippen molar-refractivity contribution in [2.75, 3.05) is 11.9 Å². The van der Waals surface area contributed by atoms with E-state index in [2.05, 4.69) is 29.5 Å². The fourth-order valence-corrected chi connectivity index (χ4v) is 1.59. The number of amides is 1. The zero-order valence-electron chi connectivity index (χ0n) is 10.8. The predicted octanol–water partition coefficient (Wildman–Crippen LogP) is 2.43. The molecule has 1 heterocycles. The number of carbonyl (C=O) groups is 1. The molecule has 0 aliphatic carbocycles. The van der Waals surface area contributed by atoms with Crippen LogP contribution < -0.4 is 10.6 Å². The van der Waals surface area contributed by atoms with Crippen LogP contribution in [0.15, 0.2) is 18.3 Å². The molecular weight excluding hydrogens is 214 g/mol. The topological polar surface area (TPSA) is 54.0 Å². The Morgan fingerprint density at radius 2 is 2.00 bits per heavy atom. The molecule has 0 fully saturated rings. The minimum atomic E-state index is -0.0956. The number of anilines is 1. The molecule has 4 nitrogen and oxygen atoms in total. The third-order valence-electron chi connectivity index (χ3n) is 2.70. The van der Waals surface area contributed by atoms with E-state index in [-0.39, 0.29) is 11.9 Å². The molecule has 1 aromatic heterocycles. The van der Waals surface area contributed by atoms with Crippen LogP contribution in [0.2, 0.25) is 0 Å². The quantitative estimate of drug-likeness (QED) is 0.796. The van der Waals surface area contributed by atoms with Crippen molar-refractivity contribution >= 4 is 11.6 Å². The summed E-state index contributed by atoms with van der Waals surface area (Å²) in [6.45, 7) is 7.00. The van der Waals surface area contributed by atoms with E-state index in [1.54, 1.807) is 12.3 Å². The van der Waals surface area contributed by atoms with Gasteiger partial charge in [0.25, 0.3) is 5.91 Å². The first-order valence-electron chi connectivity index (χ1n) is 6.22. The van der Waals surface area contributed by atoms with Gasteiger partial charge >= 0.3 is 0 Å². The van der Waals surface area contributed by atoms with E-state index in [0.29, 0.717) is 5.69 Å². The van der Waals surface area contributed by atoms with E-state index in [4.69, 9.17) is 0 Å². The van der Waals surface area contributed by atoms with Gasteiger partial charge in [-0.15, -0.1) is 0 Å². The molecule has 2 N–H and O–H groups in total. The van der Waals surface area contributed by atoms with Crippen LogP contribution in [0.4, 0.5) is 5.69 Å². The highest BCUT2D eigenvalue weighted by molar-refractivity contribution is 5.92. The summed E-state index contributed by atoms with van der Waals surface area (Å²) in [6, 6.07) is 3.85. The number of hydrogen-bond acceptors (Lipinski definition) is 3. The van der Waals surface area contributed by atoms with Gasteiger partial charge in [-0.2, -0.15) is 0 Å². The second-order valence-electron chi connectivity index (χ2n) is 3.95. The van der Waals surface area contributed by atoms with Crippen LogP contribution in [-0.4, -0.2) is 23.5 Å². The molecule has 0 atom stereocenters. The van der Waals surface area contributed by atoms with E-state index in [1.807, 2.05) is 13.0 Å². The molecule has 1 rings (SSSR count). The van der Waals surface area contributed by atoms with E-state index >= 15 is 0 Å². The Morgan fingerprint density at radius 1 is 1.29 bits per heavy atom. The van der Waals surface area contributed by atoms with Gasteiger partial charge in [-0.05, 0) is 31.9 Å². The third kappa shape index (κ3) is 4.06. The molecule has 4 heteroatoms. The molecule has 1 aromatic rings. The zero-order valence-corrected chi connectivity index (χ0v) is 10.8. The van der Waals surface area contributed by atoms with Crippen molar-refractivity contribution < 1.29 is 4.79 Å². The Bertz CT molecular complexity index is 344. The highest BCUT2D eigenvalue weighted by Crippen LogP contribution is 2.06. The fraction of sp³-hybridized carbons (Fsp3) is 0.538. The number of pyridine rings is 1. The Balaban J connectivity index is 2.63. The lowest BCUT2D eigenvalue weighted by molar-refractivity contribution is 0.0930. The highest BCUT2D eigenvalue weighted by Gasteiger charge is 2.11. The van der Waals surface area contributed by atoms with Crippen LogP contribution in [0, 0.1) is 0 Å². The molecule has 17 heavy (non-hydrogen) atoms. The molecule has 0 aliphatic rings. The van der Waals surface area contributed by atoms with Crippen LogP contribution in [-0.2, 0) is 0 Å². The summed E-state index contributed by atoms with van der Waals surface area (Å²) in [5.41, 5.74) is 1.41. The summed E-state index contributed by atoms with van der Waals surface area (Å²) >= 11 is 0. The molecule has 0 aromatic carbocycles. The number of aromatic nitrogens is 1. The number of hydrogen-bond donors (Lipinski definition) is 2. The summed E-state index contributed by atoms with van der Waals surface area (Å²) in [6.07, 6.45) is 3.57. The van der Waals surface area contributed by atoms with Crippen LogP contribution in [0.3, 0.4) is 0 Å². The summed E-state index contributed by atoms with van der Waals surface area (Å²) in [5, 5.41) is 6.10. The molecule has 0 bridgehead atoms. The number of carbonyl (C=O) groups excluding carboxylic acids is 1. The first-order valence-corrected chi connectivity index (χ1v) is 6.22. The lowest BCUT2D eigenvalue weighted by Gasteiger charge is -2.14. The number of nitrogens with zero attached hydrogens (tertiary/aromatic N) is 1. The largest absolute Gasteiger partial charge is 0.384 e. The molecular formula is C13H21N3O. The van der Waals surface area contributed by atoms with Crippen LogP contribution in [0.25, 0.3) is 0 Å². The molecule has 0 unspecified atom stereocenters. The zero-order chi connectivity index (χ0) is 12.7. The van der Waals surface area contributed by atoms with Gasteiger partial charge in [-0.3, -0.25) is 4.79 Å². The van der Waals surface area contributed by atoms with Crippen molar-refractivity contribution in [2.45, 2.75) is 39.7 Å². The second-order valence-corrected chi connectivity index (χ2v) is 3.95. The number of nitrogens with one attached hydrogen (secondary N) is 2. The van der Waals surface area contributed by atoms with Crippen molar-refractivity contribution in [2.24, 2.45) is 0 Å². The Hall–Kier alpha value is -1.58. The SMILES string of the molecule is CCNc1ccc(C(=O)NC(CC)CC)nc1. The van der Waals surface area contributed by atoms with Crippen LogP contribution >= 0.6 is 0 Å². The number of rotatable bonds is 6. The molecule has 0 saturated carbocycles. The Morgan fingerprint density at radius 3 is 2.47 bits per heavy atom. The normalized spacial score (nSPS) is 10.4. The van der Waals surface area contributed by atoms with Crippen molar-refractivity contribution in [1.82, 2.24) is 10.3 Å². The molecule has 0 radical (unpaired) electrons.